The zero-order chi connectivity index (χ0) is 13.0. The Balaban J connectivity index is 1.79. The van der Waals surface area contributed by atoms with Crippen molar-refractivity contribution < 1.29 is 4.79 Å². The van der Waals surface area contributed by atoms with Gasteiger partial charge >= 0.3 is 0 Å². The molecular weight excluding hydrogens is 224 g/mol. The number of amides is 1. The van der Waals surface area contributed by atoms with Crippen molar-refractivity contribution in [3.8, 4) is 0 Å². The van der Waals surface area contributed by atoms with Gasteiger partial charge in [-0.05, 0) is 44.4 Å². The van der Waals surface area contributed by atoms with Crippen molar-refractivity contribution in [3.63, 3.8) is 0 Å². The number of rotatable bonds is 5. The Morgan fingerprint density at radius 1 is 1.17 bits per heavy atom. The van der Waals surface area contributed by atoms with Crippen LogP contribution in [-0.2, 0) is 4.79 Å². The highest BCUT2D eigenvalue weighted by atomic mass is 16.1. The lowest BCUT2D eigenvalue weighted by Gasteiger charge is -2.30. The number of hydrogen-bond acceptors (Lipinski definition) is 2. The molecule has 0 bridgehead atoms. The molecular formula is C15H28N2O. The molecule has 3 N–H and O–H groups in total. The molecule has 104 valence electrons. The fourth-order valence-corrected chi connectivity index (χ4v) is 3.24. The molecule has 0 aromatic carbocycles. The predicted octanol–water partition coefficient (Wildman–Crippen LogP) is 2.59. The van der Waals surface area contributed by atoms with Gasteiger partial charge < -0.3 is 11.1 Å². The summed E-state index contributed by atoms with van der Waals surface area (Å²) >= 11 is 0. The van der Waals surface area contributed by atoms with Crippen LogP contribution in [0.3, 0.4) is 0 Å². The highest BCUT2D eigenvalue weighted by Gasteiger charge is 2.41. The third-order valence-electron chi connectivity index (χ3n) is 4.78. The maximum Gasteiger partial charge on any atom is 0.220 e. The van der Waals surface area contributed by atoms with Gasteiger partial charge in [0.15, 0.2) is 0 Å². The second kappa shape index (κ2) is 6.05. The van der Waals surface area contributed by atoms with Crippen molar-refractivity contribution in [1.82, 2.24) is 5.32 Å². The summed E-state index contributed by atoms with van der Waals surface area (Å²) in [5, 5.41) is 3.21. The third kappa shape index (κ3) is 3.71. The van der Waals surface area contributed by atoms with Crippen LogP contribution in [0.2, 0.25) is 0 Å². The Kier molecular flexibility index (Phi) is 4.66. The highest BCUT2D eigenvalue weighted by Crippen LogP contribution is 2.39. The first-order valence-corrected chi connectivity index (χ1v) is 7.65. The molecule has 0 aromatic rings. The molecule has 0 spiro atoms. The van der Waals surface area contributed by atoms with E-state index in [1.807, 2.05) is 0 Å². The van der Waals surface area contributed by atoms with Gasteiger partial charge in [0.1, 0.15) is 0 Å². The molecule has 2 aliphatic rings. The van der Waals surface area contributed by atoms with E-state index in [0.29, 0.717) is 24.8 Å². The summed E-state index contributed by atoms with van der Waals surface area (Å²) in [5.41, 5.74) is 5.69. The van der Waals surface area contributed by atoms with Crippen LogP contribution in [0.15, 0.2) is 0 Å². The first kappa shape index (κ1) is 13.9. The molecule has 1 amide bonds. The van der Waals surface area contributed by atoms with E-state index in [9.17, 15) is 4.79 Å². The highest BCUT2D eigenvalue weighted by molar-refractivity contribution is 5.77. The van der Waals surface area contributed by atoms with Gasteiger partial charge in [0.05, 0.1) is 5.54 Å². The smallest absolute Gasteiger partial charge is 0.220 e. The summed E-state index contributed by atoms with van der Waals surface area (Å²) in [6.45, 7) is 2.67. The number of carbonyl (C=O) groups is 1. The van der Waals surface area contributed by atoms with E-state index in [4.69, 9.17) is 5.73 Å². The second-order valence-corrected chi connectivity index (χ2v) is 6.51. The minimum absolute atomic E-state index is 0.151. The number of nitrogens with one attached hydrogen (secondary N) is 1. The fraction of sp³-hybridized carbons (Fsp3) is 0.933. The van der Waals surface area contributed by atoms with Gasteiger partial charge in [-0.15, -0.1) is 0 Å². The zero-order valence-corrected chi connectivity index (χ0v) is 11.7. The van der Waals surface area contributed by atoms with E-state index in [1.165, 1.54) is 51.4 Å². The zero-order valence-electron chi connectivity index (χ0n) is 11.7. The molecule has 1 unspecified atom stereocenters. The average Bonchev–Trinajstić information content (AvgIpc) is 3.16. The summed E-state index contributed by atoms with van der Waals surface area (Å²) in [5.74, 6) is 1.44. The van der Waals surface area contributed by atoms with Gasteiger partial charge in [-0.25, -0.2) is 0 Å². The molecule has 3 heteroatoms. The van der Waals surface area contributed by atoms with Crippen molar-refractivity contribution >= 4 is 5.91 Å². The molecule has 0 aromatic heterocycles. The molecule has 3 nitrogen and oxygen atoms in total. The van der Waals surface area contributed by atoms with E-state index in [2.05, 4.69) is 12.2 Å². The Bertz CT molecular complexity index is 280. The summed E-state index contributed by atoms with van der Waals surface area (Å²) in [6, 6.07) is 0. The van der Waals surface area contributed by atoms with E-state index >= 15 is 0 Å². The van der Waals surface area contributed by atoms with Crippen LogP contribution < -0.4 is 11.1 Å². The first-order chi connectivity index (χ1) is 8.64. The van der Waals surface area contributed by atoms with Gasteiger partial charge in [0, 0.05) is 13.0 Å². The first-order valence-electron chi connectivity index (χ1n) is 7.65. The van der Waals surface area contributed by atoms with Gasteiger partial charge in [-0.2, -0.15) is 0 Å². The van der Waals surface area contributed by atoms with Crippen LogP contribution in [0.5, 0.6) is 0 Å². The maximum atomic E-state index is 12.2. The Hall–Kier alpha value is -0.570. The van der Waals surface area contributed by atoms with Crippen molar-refractivity contribution in [2.24, 2.45) is 17.6 Å². The molecule has 0 aliphatic heterocycles. The van der Waals surface area contributed by atoms with Crippen LogP contribution in [0.4, 0.5) is 0 Å². The Morgan fingerprint density at radius 3 is 2.28 bits per heavy atom. The number of hydrogen-bond donors (Lipinski definition) is 2. The van der Waals surface area contributed by atoms with Crippen molar-refractivity contribution in [1.29, 1.82) is 0 Å². The van der Waals surface area contributed by atoms with E-state index in [-0.39, 0.29) is 11.4 Å². The largest absolute Gasteiger partial charge is 0.349 e. The molecule has 0 saturated heterocycles. The molecule has 18 heavy (non-hydrogen) atoms. The molecule has 2 aliphatic carbocycles. The quantitative estimate of drug-likeness (QED) is 0.739. The van der Waals surface area contributed by atoms with Crippen molar-refractivity contribution in [2.75, 3.05) is 6.54 Å². The SMILES string of the molecule is CC(CN)(NC(=O)CC1CCCCCC1)C1CC1. The average molecular weight is 252 g/mol. The monoisotopic (exact) mass is 252 g/mol. The summed E-state index contributed by atoms with van der Waals surface area (Å²) in [4.78, 5) is 12.2. The van der Waals surface area contributed by atoms with Crippen LogP contribution >= 0.6 is 0 Å². The van der Waals surface area contributed by atoms with Crippen molar-refractivity contribution in [2.45, 2.75) is 70.3 Å². The van der Waals surface area contributed by atoms with Crippen LogP contribution in [0, 0.1) is 11.8 Å². The molecule has 0 heterocycles. The van der Waals surface area contributed by atoms with Gasteiger partial charge in [0.2, 0.25) is 5.91 Å². The number of carbonyl (C=O) groups excluding carboxylic acids is 1. The second-order valence-electron chi connectivity index (χ2n) is 6.51. The minimum atomic E-state index is -0.151. The molecule has 2 rings (SSSR count). The van der Waals surface area contributed by atoms with E-state index in [0.717, 1.165) is 0 Å². The van der Waals surface area contributed by atoms with E-state index in [1.54, 1.807) is 0 Å². The van der Waals surface area contributed by atoms with Gasteiger partial charge in [-0.1, -0.05) is 25.7 Å². The predicted molar refractivity (Wildman–Crippen MR) is 74.1 cm³/mol. The minimum Gasteiger partial charge on any atom is -0.349 e. The van der Waals surface area contributed by atoms with Gasteiger partial charge in [-0.3, -0.25) is 4.79 Å². The topological polar surface area (TPSA) is 55.1 Å². The summed E-state index contributed by atoms with van der Waals surface area (Å²) < 4.78 is 0. The Labute approximate surface area is 111 Å². The molecule has 0 radical (unpaired) electrons. The fourth-order valence-electron chi connectivity index (χ4n) is 3.24. The van der Waals surface area contributed by atoms with Crippen molar-refractivity contribution in [3.05, 3.63) is 0 Å². The number of nitrogens with two attached hydrogens (primary N) is 1. The molecule has 2 saturated carbocycles. The normalized spacial score (nSPS) is 25.2. The maximum absolute atomic E-state index is 12.2. The van der Waals surface area contributed by atoms with Crippen LogP contribution in [-0.4, -0.2) is 18.0 Å². The third-order valence-corrected chi connectivity index (χ3v) is 4.78. The van der Waals surface area contributed by atoms with E-state index < -0.39 is 0 Å². The lowest BCUT2D eigenvalue weighted by Crippen LogP contribution is -2.53. The van der Waals surface area contributed by atoms with Gasteiger partial charge in [0.25, 0.3) is 0 Å². The lowest BCUT2D eigenvalue weighted by atomic mass is 9.93. The molecule has 2 fully saturated rings. The van der Waals surface area contributed by atoms with Crippen LogP contribution in [0.25, 0.3) is 0 Å². The standard InChI is InChI=1S/C15H28N2O/c1-15(11-16,13-8-9-13)17-14(18)10-12-6-4-2-3-5-7-12/h12-13H,2-11,16H2,1H3,(H,17,18). The summed E-state index contributed by atoms with van der Waals surface area (Å²) in [7, 11) is 0. The van der Waals surface area contributed by atoms with Crippen LogP contribution in [0.1, 0.15) is 64.7 Å². The Morgan fingerprint density at radius 2 is 1.78 bits per heavy atom. The molecule has 1 atom stereocenters. The lowest BCUT2D eigenvalue weighted by molar-refractivity contribution is -0.124. The summed E-state index contributed by atoms with van der Waals surface area (Å²) in [6.07, 6.45) is 10.9.